The molecule has 3 rings (SSSR count). The number of methoxy groups -OCH3 is 1. The van der Waals surface area contributed by atoms with E-state index in [1.54, 1.807) is 31.7 Å². The van der Waals surface area contributed by atoms with Gasteiger partial charge in [0.2, 0.25) is 5.88 Å². The lowest BCUT2D eigenvalue weighted by atomic mass is 10.1. The minimum absolute atomic E-state index is 0.416. The number of hydrogen-bond donors (Lipinski definition) is 1. The standard InChI is InChI=1S/C18H16ClN5O/c1-25-18-4-2-3-14(23-18)11-21-9-13(8-20)12-7-16-15(22-10-12)5-6-17(19)24-16/h2-10H,11,20H2,1H3. The lowest BCUT2D eigenvalue weighted by Crippen LogP contribution is -1.96. The first-order valence-electron chi connectivity index (χ1n) is 7.54. The van der Waals surface area contributed by atoms with Crippen LogP contribution < -0.4 is 10.5 Å². The quantitative estimate of drug-likeness (QED) is 0.562. The largest absolute Gasteiger partial charge is 0.481 e. The van der Waals surface area contributed by atoms with E-state index < -0.39 is 0 Å². The Kier molecular flexibility index (Phi) is 5.20. The fourth-order valence-corrected chi connectivity index (χ4v) is 2.40. The molecule has 2 N–H and O–H groups in total. The minimum atomic E-state index is 0.416. The van der Waals surface area contributed by atoms with Crippen LogP contribution in [0.4, 0.5) is 0 Å². The molecule has 6 nitrogen and oxygen atoms in total. The molecule has 0 atom stereocenters. The summed E-state index contributed by atoms with van der Waals surface area (Å²) in [5, 5.41) is 0.419. The van der Waals surface area contributed by atoms with Gasteiger partial charge in [-0.25, -0.2) is 9.97 Å². The van der Waals surface area contributed by atoms with Gasteiger partial charge < -0.3 is 10.5 Å². The Bertz CT molecular complexity index is 955. The van der Waals surface area contributed by atoms with E-state index in [0.29, 0.717) is 23.1 Å². The van der Waals surface area contributed by atoms with Crippen LogP contribution in [0.5, 0.6) is 5.88 Å². The van der Waals surface area contributed by atoms with E-state index >= 15 is 0 Å². The second-order valence-corrected chi connectivity index (χ2v) is 5.55. The Labute approximate surface area is 150 Å². The predicted octanol–water partition coefficient (Wildman–Crippen LogP) is 3.26. The maximum atomic E-state index is 5.94. The number of ether oxygens (including phenoxy) is 1. The van der Waals surface area contributed by atoms with Crippen molar-refractivity contribution < 1.29 is 4.74 Å². The van der Waals surface area contributed by atoms with Crippen LogP contribution in [0.3, 0.4) is 0 Å². The Morgan fingerprint density at radius 1 is 1.24 bits per heavy atom. The SMILES string of the molecule is COc1cccc(CN=CC(=CN)c2cnc3ccc(Cl)nc3c2)n1. The van der Waals surface area contributed by atoms with Gasteiger partial charge in [-0.15, -0.1) is 0 Å². The zero-order valence-corrected chi connectivity index (χ0v) is 14.3. The molecule has 0 radical (unpaired) electrons. The molecule has 0 bridgehead atoms. The van der Waals surface area contributed by atoms with E-state index in [-0.39, 0.29) is 0 Å². The molecule has 0 unspecified atom stereocenters. The van der Waals surface area contributed by atoms with Crippen LogP contribution >= 0.6 is 11.6 Å². The van der Waals surface area contributed by atoms with E-state index in [9.17, 15) is 0 Å². The summed E-state index contributed by atoms with van der Waals surface area (Å²) in [6.45, 7) is 0.416. The molecule has 25 heavy (non-hydrogen) atoms. The third-order valence-electron chi connectivity index (χ3n) is 3.49. The van der Waals surface area contributed by atoms with Crippen LogP contribution in [0.15, 0.2) is 53.8 Å². The summed E-state index contributed by atoms with van der Waals surface area (Å²) in [6, 6.07) is 11.0. The van der Waals surface area contributed by atoms with Crippen molar-refractivity contribution in [2.45, 2.75) is 6.54 Å². The van der Waals surface area contributed by atoms with Crippen LogP contribution in [-0.4, -0.2) is 28.3 Å². The first kappa shape index (κ1) is 16.9. The van der Waals surface area contributed by atoms with Crippen molar-refractivity contribution >= 4 is 34.4 Å². The normalized spacial score (nSPS) is 12.0. The van der Waals surface area contributed by atoms with Gasteiger partial charge in [0.1, 0.15) is 5.15 Å². The van der Waals surface area contributed by atoms with Crippen LogP contribution in [0.1, 0.15) is 11.3 Å². The molecule has 0 fully saturated rings. The van der Waals surface area contributed by atoms with Gasteiger partial charge in [-0.05, 0) is 24.3 Å². The molecule has 7 heteroatoms. The van der Waals surface area contributed by atoms with Gasteiger partial charge in [-0.1, -0.05) is 17.7 Å². The van der Waals surface area contributed by atoms with Gasteiger partial charge >= 0.3 is 0 Å². The Balaban J connectivity index is 1.80. The molecule has 0 saturated heterocycles. The predicted molar refractivity (Wildman–Crippen MR) is 99.7 cm³/mol. The lowest BCUT2D eigenvalue weighted by molar-refractivity contribution is 0.396. The molecule has 3 aromatic heterocycles. The lowest BCUT2D eigenvalue weighted by Gasteiger charge is -2.04. The first-order chi connectivity index (χ1) is 12.2. The number of nitrogens with zero attached hydrogens (tertiary/aromatic N) is 4. The summed E-state index contributed by atoms with van der Waals surface area (Å²) in [5.41, 5.74) is 9.56. The Hall–Kier alpha value is -2.99. The molecule has 0 amide bonds. The van der Waals surface area contributed by atoms with Crippen LogP contribution in [-0.2, 0) is 6.54 Å². The van der Waals surface area contributed by atoms with E-state index in [1.165, 1.54) is 6.20 Å². The van der Waals surface area contributed by atoms with Gasteiger partial charge in [0.25, 0.3) is 0 Å². The fourth-order valence-electron chi connectivity index (χ4n) is 2.25. The van der Waals surface area contributed by atoms with Crippen molar-refractivity contribution in [2.24, 2.45) is 10.7 Å². The van der Waals surface area contributed by atoms with Gasteiger partial charge in [-0.3, -0.25) is 9.98 Å². The molecule has 0 aliphatic heterocycles. The summed E-state index contributed by atoms with van der Waals surface area (Å²) in [7, 11) is 1.58. The van der Waals surface area contributed by atoms with Crippen LogP contribution in [0.25, 0.3) is 16.6 Å². The van der Waals surface area contributed by atoms with Crippen molar-refractivity contribution in [1.29, 1.82) is 0 Å². The van der Waals surface area contributed by atoms with Gasteiger partial charge in [-0.2, -0.15) is 0 Å². The number of nitrogens with two attached hydrogens (primary N) is 1. The number of hydrogen-bond acceptors (Lipinski definition) is 6. The van der Waals surface area contributed by atoms with Gasteiger partial charge in [0.05, 0.1) is 30.4 Å². The summed E-state index contributed by atoms with van der Waals surface area (Å²) in [4.78, 5) is 17.3. The van der Waals surface area contributed by atoms with Crippen LogP contribution in [0.2, 0.25) is 5.15 Å². The number of rotatable bonds is 5. The maximum absolute atomic E-state index is 5.94. The molecule has 0 aliphatic rings. The topological polar surface area (TPSA) is 86.3 Å². The Morgan fingerprint density at radius 2 is 2.12 bits per heavy atom. The second-order valence-electron chi connectivity index (χ2n) is 5.16. The van der Waals surface area contributed by atoms with Gasteiger partial charge in [0, 0.05) is 35.8 Å². The number of aromatic nitrogens is 3. The monoisotopic (exact) mass is 353 g/mol. The minimum Gasteiger partial charge on any atom is -0.481 e. The zero-order valence-electron chi connectivity index (χ0n) is 13.6. The number of fused-ring (bicyclic) bond motifs is 1. The van der Waals surface area contributed by atoms with Crippen molar-refractivity contribution in [1.82, 2.24) is 15.0 Å². The number of aliphatic imine (C=N–C) groups is 1. The van der Waals surface area contributed by atoms with E-state index in [1.807, 2.05) is 24.3 Å². The van der Waals surface area contributed by atoms with E-state index in [2.05, 4.69) is 19.9 Å². The molecule has 0 aromatic carbocycles. The van der Waals surface area contributed by atoms with Crippen molar-refractivity contribution in [2.75, 3.05) is 7.11 Å². The fraction of sp³-hybridized carbons (Fsp3) is 0.111. The number of allylic oxidation sites excluding steroid dienone is 1. The maximum Gasteiger partial charge on any atom is 0.213 e. The molecule has 0 aliphatic carbocycles. The van der Waals surface area contributed by atoms with E-state index in [4.69, 9.17) is 22.1 Å². The zero-order chi connectivity index (χ0) is 17.6. The molecule has 3 heterocycles. The summed E-state index contributed by atoms with van der Waals surface area (Å²) in [6.07, 6.45) is 4.90. The average molecular weight is 354 g/mol. The van der Waals surface area contributed by atoms with Crippen molar-refractivity contribution in [3.8, 4) is 5.88 Å². The molecule has 0 saturated carbocycles. The highest BCUT2D eigenvalue weighted by Gasteiger charge is 2.04. The number of pyridine rings is 3. The second kappa shape index (κ2) is 7.72. The third-order valence-corrected chi connectivity index (χ3v) is 3.70. The molecular formula is C18H16ClN5O. The third kappa shape index (κ3) is 4.10. The highest BCUT2D eigenvalue weighted by atomic mass is 35.5. The molecular weight excluding hydrogens is 338 g/mol. The van der Waals surface area contributed by atoms with Crippen molar-refractivity contribution in [3.05, 3.63) is 65.2 Å². The molecule has 3 aromatic rings. The summed E-state index contributed by atoms with van der Waals surface area (Å²) < 4.78 is 5.10. The van der Waals surface area contributed by atoms with Crippen LogP contribution in [0, 0.1) is 0 Å². The highest BCUT2D eigenvalue weighted by molar-refractivity contribution is 6.29. The van der Waals surface area contributed by atoms with Gasteiger partial charge in [0.15, 0.2) is 0 Å². The summed E-state index contributed by atoms with van der Waals surface area (Å²) >= 11 is 5.94. The molecule has 0 spiro atoms. The molecule has 126 valence electrons. The smallest absolute Gasteiger partial charge is 0.213 e. The van der Waals surface area contributed by atoms with E-state index in [0.717, 1.165) is 22.3 Å². The first-order valence-corrected chi connectivity index (χ1v) is 7.91. The Morgan fingerprint density at radius 3 is 2.92 bits per heavy atom. The van der Waals surface area contributed by atoms with Crippen molar-refractivity contribution in [3.63, 3.8) is 0 Å². The summed E-state index contributed by atoms with van der Waals surface area (Å²) in [5.74, 6) is 0.559. The highest BCUT2D eigenvalue weighted by Crippen LogP contribution is 2.18. The average Bonchev–Trinajstić information content (AvgIpc) is 2.65. The number of halogens is 1.